The molecule has 0 unspecified atom stereocenters. The molecule has 3 aromatic rings. The Morgan fingerprint density at radius 3 is 2.52 bits per heavy atom. The Kier molecular flexibility index (Phi) is 6.13. The molecule has 2 aromatic carbocycles. The summed E-state index contributed by atoms with van der Waals surface area (Å²) in [5.41, 5.74) is 1.09. The van der Waals surface area contributed by atoms with Gasteiger partial charge in [0.05, 0.1) is 4.91 Å². The van der Waals surface area contributed by atoms with Gasteiger partial charge in [-0.25, -0.2) is 0 Å². The minimum absolute atomic E-state index is 0.250. The highest BCUT2D eigenvalue weighted by Gasteiger charge is 2.34. The molecule has 0 radical (unpaired) electrons. The third-order valence-corrected chi connectivity index (χ3v) is 6.34. The number of halogens is 1. The summed E-state index contributed by atoms with van der Waals surface area (Å²) < 4.78 is 5.79. The van der Waals surface area contributed by atoms with Gasteiger partial charge in [0.2, 0.25) is 0 Å². The fraction of sp³-hybridized carbons (Fsp3) is 0.0909. The van der Waals surface area contributed by atoms with Crippen molar-refractivity contribution in [2.45, 2.75) is 16.4 Å². The van der Waals surface area contributed by atoms with E-state index in [0.717, 1.165) is 22.2 Å². The smallest absolute Gasteiger partial charge is 0.293 e. The number of carbonyl (C=O) groups is 2. The molecule has 146 valence electrons. The highest BCUT2D eigenvalue weighted by Crippen LogP contribution is 2.34. The van der Waals surface area contributed by atoms with Crippen molar-refractivity contribution in [1.82, 2.24) is 4.90 Å². The first-order chi connectivity index (χ1) is 14.1. The summed E-state index contributed by atoms with van der Waals surface area (Å²) in [6.45, 7) is 0.363. The molecule has 0 spiro atoms. The van der Waals surface area contributed by atoms with Crippen LogP contribution in [0.4, 0.5) is 4.79 Å². The second-order valence-corrected chi connectivity index (χ2v) is 8.79. The molecule has 1 aromatic heterocycles. The van der Waals surface area contributed by atoms with E-state index < -0.39 is 0 Å². The minimum atomic E-state index is -0.278. The number of imide groups is 1. The van der Waals surface area contributed by atoms with Crippen LogP contribution in [0.5, 0.6) is 0 Å². The van der Waals surface area contributed by atoms with Crippen LogP contribution in [-0.2, 0) is 11.2 Å². The number of rotatable bonds is 6. The second kappa shape index (κ2) is 8.95. The molecule has 4 nitrogen and oxygen atoms in total. The van der Waals surface area contributed by atoms with Gasteiger partial charge >= 0.3 is 0 Å². The molecule has 4 rings (SSSR count). The Labute approximate surface area is 181 Å². The number of carbonyl (C=O) groups excluding carboxylic acids is 2. The number of furan rings is 1. The molecular weight excluding hydrogens is 426 g/mol. The molecule has 2 amide bonds. The summed E-state index contributed by atoms with van der Waals surface area (Å²) >= 11 is 8.30. The standard InChI is InChI=1S/C22H16ClNO3S2/c23-16-6-9-18(10-7-16)28-20-11-8-17(27-20)14-19-21(25)24(22(26)29-19)13-12-15-4-2-1-3-5-15/h1-11,14H,12-13H2/b19-14-. The lowest BCUT2D eigenvalue weighted by atomic mass is 10.1. The summed E-state index contributed by atoms with van der Waals surface area (Å²) in [4.78, 5) is 27.5. The summed E-state index contributed by atoms with van der Waals surface area (Å²) in [5, 5.41) is 1.12. The first-order valence-electron chi connectivity index (χ1n) is 8.91. The predicted molar refractivity (Wildman–Crippen MR) is 117 cm³/mol. The molecule has 0 N–H and O–H groups in total. The third kappa shape index (κ3) is 4.96. The maximum Gasteiger partial charge on any atom is 0.293 e. The zero-order valence-electron chi connectivity index (χ0n) is 15.2. The highest BCUT2D eigenvalue weighted by atomic mass is 35.5. The quantitative estimate of drug-likeness (QED) is 0.416. The molecule has 1 fully saturated rings. The van der Waals surface area contributed by atoms with Crippen LogP contribution >= 0.6 is 35.1 Å². The molecule has 0 atom stereocenters. The summed E-state index contributed by atoms with van der Waals surface area (Å²) in [6, 6.07) is 20.9. The van der Waals surface area contributed by atoms with Crippen molar-refractivity contribution in [3.63, 3.8) is 0 Å². The van der Waals surface area contributed by atoms with E-state index in [1.807, 2.05) is 60.7 Å². The van der Waals surface area contributed by atoms with Crippen molar-refractivity contribution in [2.24, 2.45) is 0 Å². The van der Waals surface area contributed by atoms with E-state index in [4.69, 9.17) is 16.0 Å². The molecule has 1 aliphatic heterocycles. The van der Waals surface area contributed by atoms with Gasteiger partial charge in [-0.2, -0.15) is 0 Å². The topological polar surface area (TPSA) is 50.5 Å². The largest absolute Gasteiger partial charge is 0.450 e. The number of hydrogen-bond donors (Lipinski definition) is 0. The summed E-state index contributed by atoms with van der Waals surface area (Å²) in [6.07, 6.45) is 2.26. The number of hydrogen-bond acceptors (Lipinski definition) is 5. The Morgan fingerprint density at radius 1 is 1.00 bits per heavy atom. The van der Waals surface area contributed by atoms with E-state index in [-0.39, 0.29) is 11.1 Å². The zero-order valence-corrected chi connectivity index (χ0v) is 17.6. The molecule has 0 saturated carbocycles. The van der Waals surface area contributed by atoms with Crippen molar-refractivity contribution in [1.29, 1.82) is 0 Å². The SMILES string of the molecule is O=C1S/C(=C\c2ccc(Sc3ccc(Cl)cc3)o2)C(=O)N1CCc1ccccc1. The highest BCUT2D eigenvalue weighted by molar-refractivity contribution is 8.18. The maximum absolute atomic E-state index is 12.6. The summed E-state index contributed by atoms with van der Waals surface area (Å²) in [7, 11) is 0. The van der Waals surface area contributed by atoms with Gasteiger partial charge in [0.25, 0.3) is 11.1 Å². The van der Waals surface area contributed by atoms with Gasteiger partial charge in [-0.15, -0.1) is 0 Å². The molecule has 0 aliphatic carbocycles. The van der Waals surface area contributed by atoms with Crippen molar-refractivity contribution in [3.05, 3.63) is 88.0 Å². The van der Waals surface area contributed by atoms with Gasteiger partial charge in [0.1, 0.15) is 5.76 Å². The van der Waals surface area contributed by atoms with E-state index in [1.54, 1.807) is 12.1 Å². The van der Waals surface area contributed by atoms with Crippen LogP contribution in [0, 0.1) is 0 Å². The van der Waals surface area contributed by atoms with Gasteiger partial charge in [-0.3, -0.25) is 14.5 Å². The second-order valence-electron chi connectivity index (χ2n) is 6.28. The van der Waals surface area contributed by atoms with Crippen LogP contribution < -0.4 is 0 Å². The Balaban J connectivity index is 1.42. The molecule has 1 saturated heterocycles. The van der Waals surface area contributed by atoms with Gasteiger partial charge < -0.3 is 4.42 Å². The molecule has 2 heterocycles. The van der Waals surface area contributed by atoms with E-state index in [1.165, 1.54) is 16.7 Å². The first-order valence-corrected chi connectivity index (χ1v) is 10.9. The van der Waals surface area contributed by atoms with E-state index >= 15 is 0 Å². The first kappa shape index (κ1) is 19.9. The summed E-state index contributed by atoms with van der Waals surface area (Å²) in [5.74, 6) is 0.259. The monoisotopic (exact) mass is 441 g/mol. The van der Waals surface area contributed by atoms with Crippen LogP contribution in [0.1, 0.15) is 11.3 Å². The fourth-order valence-electron chi connectivity index (χ4n) is 2.79. The van der Waals surface area contributed by atoms with Gasteiger partial charge in [0, 0.05) is 22.5 Å². The van der Waals surface area contributed by atoms with Gasteiger partial charge in [-0.1, -0.05) is 53.7 Å². The number of amides is 2. The van der Waals surface area contributed by atoms with Crippen molar-refractivity contribution in [3.8, 4) is 0 Å². The Morgan fingerprint density at radius 2 is 1.76 bits per heavy atom. The lowest BCUT2D eigenvalue weighted by Crippen LogP contribution is -2.30. The van der Waals surface area contributed by atoms with Crippen molar-refractivity contribution in [2.75, 3.05) is 6.54 Å². The van der Waals surface area contributed by atoms with E-state index in [9.17, 15) is 9.59 Å². The molecule has 0 bridgehead atoms. The lowest BCUT2D eigenvalue weighted by molar-refractivity contribution is -0.122. The number of benzene rings is 2. The fourth-order valence-corrected chi connectivity index (χ4v) is 4.54. The average Bonchev–Trinajstić information content (AvgIpc) is 3.27. The van der Waals surface area contributed by atoms with Crippen LogP contribution in [0.25, 0.3) is 6.08 Å². The van der Waals surface area contributed by atoms with Crippen molar-refractivity contribution < 1.29 is 14.0 Å². The molecular formula is C22H16ClNO3S2. The zero-order chi connectivity index (χ0) is 20.2. The maximum atomic E-state index is 12.6. The van der Waals surface area contributed by atoms with Crippen molar-refractivity contribution >= 4 is 52.3 Å². The van der Waals surface area contributed by atoms with Gasteiger partial charge in [0.15, 0.2) is 5.09 Å². The predicted octanol–water partition coefficient (Wildman–Crippen LogP) is 6.36. The molecule has 29 heavy (non-hydrogen) atoms. The molecule has 1 aliphatic rings. The van der Waals surface area contributed by atoms with Crippen LogP contribution in [0.2, 0.25) is 5.02 Å². The van der Waals surface area contributed by atoms with Crippen LogP contribution in [0.3, 0.4) is 0 Å². The average molecular weight is 442 g/mol. The van der Waals surface area contributed by atoms with Gasteiger partial charge in [-0.05, 0) is 60.1 Å². The van der Waals surface area contributed by atoms with Crippen LogP contribution in [0.15, 0.2) is 86.0 Å². The Hall–Kier alpha value is -2.41. The number of nitrogens with zero attached hydrogens (tertiary/aromatic N) is 1. The van der Waals surface area contributed by atoms with E-state index in [2.05, 4.69) is 0 Å². The number of thioether (sulfide) groups is 1. The minimum Gasteiger partial charge on any atom is -0.450 e. The third-order valence-electron chi connectivity index (χ3n) is 4.25. The normalized spacial score (nSPS) is 15.5. The van der Waals surface area contributed by atoms with Crippen LogP contribution in [-0.4, -0.2) is 22.6 Å². The van der Waals surface area contributed by atoms with E-state index in [0.29, 0.717) is 33.7 Å². The molecule has 7 heteroatoms. The lowest BCUT2D eigenvalue weighted by Gasteiger charge is -2.11. The Bertz CT molecular complexity index is 1060.